The van der Waals surface area contributed by atoms with E-state index in [0.717, 1.165) is 28.1 Å². The van der Waals surface area contributed by atoms with Gasteiger partial charge in [-0.3, -0.25) is 0 Å². The fourth-order valence-corrected chi connectivity index (χ4v) is 4.63. The Balaban J connectivity index is 1.44. The highest BCUT2D eigenvalue weighted by atomic mass is 16.6. The quantitative estimate of drug-likeness (QED) is 0.330. The fourth-order valence-electron chi connectivity index (χ4n) is 4.63. The number of hydrogen-bond acceptors (Lipinski definition) is 4. The van der Waals surface area contributed by atoms with Crippen LogP contribution in [0, 0.1) is 0 Å². The van der Waals surface area contributed by atoms with Gasteiger partial charge < -0.3 is 19.5 Å². The van der Waals surface area contributed by atoms with Crippen LogP contribution in [0.25, 0.3) is 10.8 Å². The summed E-state index contributed by atoms with van der Waals surface area (Å²) in [5, 5.41) is 5.67. The standard InChI is InChI=1S/C30H31NO3/c1-30(2)29(33-20-22-13-14-23-11-7-8-12-24(23)17-22)28(32-19-21-9-5-4-6-10-21)26-18-25(31-3)15-16-27(26)34-30/h4-18,28-29,31H,19-20H2,1-3H3. The van der Waals surface area contributed by atoms with Gasteiger partial charge in [0.15, 0.2) is 0 Å². The first-order valence-electron chi connectivity index (χ1n) is 11.8. The van der Waals surface area contributed by atoms with E-state index in [9.17, 15) is 0 Å². The van der Waals surface area contributed by atoms with Crippen molar-refractivity contribution in [3.05, 3.63) is 108 Å². The molecule has 4 heteroatoms. The minimum Gasteiger partial charge on any atom is -0.485 e. The molecule has 4 aromatic rings. The first kappa shape index (κ1) is 22.5. The molecule has 1 aliphatic rings. The predicted molar refractivity (Wildman–Crippen MR) is 137 cm³/mol. The van der Waals surface area contributed by atoms with Crippen molar-refractivity contribution >= 4 is 16.5 Å². The van der Waals surface area contributed by atoms with Crippen molar-refractivity contribution in [1.82, 2.24) is 0 Å². The Hall–Kier alpha value is -3.34. The second-order valence-corrected chi connectivity index (χ2v) is 9.34. The summed E-state index contributed by atoms with van der Waals surface area (Å²) < 4.78 is 19.6. The number of nitrogens with one attached hydrogen (secondary N) is 1. The maximum absolute atomic E-state index is 6.59. The van der Waals surface area contributed by atoms with Gasteiger partial charge in [0.05, 0.1) is 13.2 Å². The van der Waals surface area contributed by atoms with Gasteiger partial charge in [0.2, 0.25) is 0 Å². The average molecular weight is 454 g/mol. The molecule has 0 saturated heterocycles. The van der Waals surface area contributed by atoms with Gasteiger partial charge in [-0.15, -0.1) is 0 Å². The lowest BCUT2D eigenvalue weighted by atomic mass is 9.87. The lowest BCUT2D eigenvalue weighted by Gasteiger charge is -2.44. The summed E-state index contributed by atoms with van der Waals surface area (Å²) in [6.45, 7) is 5.13. The van der Waals surface area contributed by atoms with Crippen LogP contribution < -0.4 is 10.1 Å². The number of benzene rings is 4. The van der Waals surface area contributed by atoms with Crippen LogP contribution in [0.15, 0.2) is 91.0 Å². The molecule has 0 fully saturated rings. The van der Waals surface area contributed by atoms with Gasteiger partial charge in [0, 0.05) is 18.3 Å². The zero-order valence-corrected chi connectivity index (χ0v) is 20.0. The smallest absolute Gasteiger partial charge is 0.132 e. The Bertz CT molecular complexity index is 1270. The summed E-state index contributed by atoms with van der Waals surface area (Å²) in [6, 6.07) is 31.3. The van der Waals surface area contributed by atoms with E-state index in [-0.39, 0.29) is 12.2 Å². The van der Waals surface area contributed by atoms with E-state index in [1.807, 2.05) is 37.4 Å². The maximum atomic E-state index is 6.59. The first-order chi connectivity index (χ1) is 16.5. The normalized spacial score (nSPS) is 18.8. The summed E-state index contributed by atoms with van der Waals surface area (Å²) in [7, 11) is 1.92. The molecule has 174 valence electrons. The molecule has 4 aromatic carbocycles. The van der Waals surface area contributed by atoms with Crippen LogP contribution in [0.1, 0.15) is 36.6 Å². The molecule has 1 N–H and O–H groups in total. The van der Waals surface area contributed by atoms with E-state index < -0.39 is 5.60 Å². The van der Waals surface area contributed by atoms with Gasteiger partial charge in [0.1, 0.15) is 23.6 Å². The van der Waals surface area contributed by atoms with Crippen molar-refractivity contribution in [2.75, 3.05) is 12.4 Å². The highest BCUT2D eigenvalue weighted by Crippen LogP contribution is 2.45. The summed E-state index contributed by atoms with van der Waals surface area (Å²) in [5.74, 6) is 0.840. The number of anilines is 1. The fraction of sp³-hybridized carbons (Fsp3) is 0.267. The third-order valence-corrected chi connectivity index (χ3v) is 6.45. The van der Waals surface area contributed by atoms with E-state index in [4.69, 9.17) is 14.2 Å². The number of fused-ring (bicyclic) bond motifs is 2. The highest BCUT2D eigenvalue weighted by Gasteiger charge is 2.45. The molecule has 1 aliphatic heterocycles. The van der Waals surface area contributed by atoms with Crippen molar-refractivity contribution in [2.24, 2.45) is 0 Å². The van der Waals surface area contributed by atoms with Crippen molar-refractivity contribution in [3.8, 4) is 5.75 Å². The second kappa shape index (κ2) is 9.49. The molecule has 1 heterocycles. The van der Waals surface area contributed by atoms with E-state index in [1.165, 1.54) is 10.8 Å². The Morgan fingerprint density at radius 1 is 0.765 bits per heavy atom. The Morgan fingerprint density at radius 2 is 1.50 bits per heavy atom. The minimum atomic E-state index is -0.563. The monoisotopic (exact) mass is 453 g/mol. The molecule has 5 rings (SSSR count). The topological polar surface area (TPSA) is 39.7 Å². The van der Waals surface area contributed by atoms with E-state index >= 15 is 0 Å². The molecule has 4 nitrogen and oxygen atoms in total. The van der Waals surface area contributed by atoms with Crippen LogP contribution >= 0.6 is 0 Å². The molecular formula is C30H31NO3. The van der Waals surface area contributed by atoms with Crippen molar-refractivity contribution in [3.63, 3.8) is 0 Å². The third kappa shape index (κ3) is 4.65. The number of rotatable bonds is 7. The number of hydrogen-bond donors (Lipinski definition) is 1. The minimum absolute atomic E-state index is 0.271. The summed E-state index contributed by atoms with van der Waals surface area (Å²) in [6.07, 6.45) is -0.560. The van der Waals surface area contributed by atoms with Gasteiger partial charge in [-0.25, -0.2) is 0 Å². The van der Waals surface area contributed by atoms with E-state index in [2.05, 4.69) is 79.8 Å². The second-order valence-electron chi connectivity index (χ2n) is 9.34. The molecule has 2 unspecified atom stereocenters. The van der Waals surface area contributed by atoms with Crippen LogP contribution in [0.4, 0.5) is 5.69 Å². The molecule has 0 bridgehead atoms. The molecule has 0 aromatic heterocycles. The zero-order valence-electron chi connectivity index (χ0n) is 20.0. The van der Waals surface area contributed by atoms with Gasteiger partial charge in [-0.2, -0.15) is 0 Å². The maximum Gasteiger partial charge on any atom is 0.132 e. The zero-order chi connectivity index (χ0) is 23.5. The van der Waals surface area contributed by atoms with Gasteiger partial charge in [-0.1, -0.05) is 66.7 Å². The van der Waals surface area contributed by atoms with E-state index in [1.54, 1.807) is 0 Å². The molecule has 0 radical (unpaired) electrons. The van der Waals surface area contributed by atoms with Crippen LogP contribution in [-0.4, -0.2) is 18.8 Å². The molecular weight excluding hydrogens is 422 g/mol. The van der Waals surface area contributed by atoms with Crippen molar-refractivity contribution < 1.29 is 14.2 Å². The van der Waals surface area contributed by atoms with E-state index in [0.29, 0.717) is 13.2 Å². The molecule has 2 atom stereocenters. The van der Waals surface area contributed by atoms with Crippen molar-refractivity contribution in [1.29, 1.82) is 0 Å². The molecule has 0 aliphatic carbocycles. The number of ether oxygens (including phenoxy) is 3. The highest BCUT2D eigenvalue weighted by molar-refractivity contribution is 5.82. The Morgan fingerprint density at radius 3 is 2.29 bits per heavy atom. The predicted octanol–water partition coefficient (Wildman–Crippen LogP) is 6.90. The Labute approximate surface area is 201 Å². The molecule has 34 heavy (non-hydrogen) atoms. The summed E-state index contributed by atoms with van der Waals surface area (Å²) >= 11 is 0. The van der Waals surface area contributed by atoms with Crippen LogP contribution in [0.2, 0.25) is 0 Å². The lowest BCUT2D eigenvalue weighted by Crippen LogP contribution is -2.50. The summed E-state index contributed by atoms with van der Waals surface area (Å²) in [4.78, 5) is 0. The molecule has 0 amide bonds. The van der Waals surface area contributed by atoms with Gasteiger partial charge in [0.25, 0.3) is 0 Å². The Kier molecular flexibility index (Phi) is 6.27. The van der Waals surface area contributed by atoms with Crippen LogP contribution in [-0.2, 0) is 22.7 Å². The largest absolute Gasteiger partial charge is 0.485 e. The first-order valence-corrected chi connectivity index (χ1v) is 11.8. The third-order valence-electron chi connectivity index (χ3n) is 6.45. The molecule has 0 saturated carbocycles. The van der Waals surface area contributed by atoms with Crippen molar-refractivity contribution in [2.45, 2.75) is 44.9 Å². The lowest BCUT2D eigenvalue weighted by molar-refractivity contribution is -0.170. The molecule has 0 spiro atoms. The van der Waals surface area contributed by atoms with Crippen LogP contribution in [0.5, 0.6) is 5.75 Å². The average Bonchev–Trinajstić information content (AvgIpc) is 2.86. The van der Waals surface area contributed by atoms with Gasteiger partial charge in [-0.05, 0) is 60.0 Å². The summed E-state index contributed by atoms with van der Waals surface area (Å²) in [5.41, 5.74) is 3.72. The van der Waals surface area contributed by atoms with Crippen LogP contribution in [0.3, 0.4) is 0 Å². The van der Waals surface area contributed by atoms with Gasteiger partial charge >= 0.3 is 0 Å². The SMILES string of the molecule is CNc1ccc2c(c1)C(OCc1ccccc1)C(OCc1ccc3ccccc3c1)C(C)(C)O2.